The number of nitrogens with zero attached hydrogens (tertiary/aromatic N) is 4. The quantitative estimate of drug-likeness (QED) is 0.354. The minimum Gasteiger partial charge on any atom is -0.490 e. The van der Waals surface area contributed by atoms with Crippen molar-refractivity contribution in [1.82, 2.24) is 14.6 Å². The molecule has 2 aromatic heterocycles. The molecule has 3 aliphatic rings. The number of benzene rings is 1. The van der Waals surface area contributed by atoms with Crippen molar-refractivity contribution in [2.24, 2.45) is 0 Å². The van der Waals surface area contributed by atoms with Gasteiger partial charge >= 0.3 is 5.97 Å². The van der Waals surface area contributed by atoms with Gasteiger partial charge in [-0.1, -0.05) is 24.3 Å². The van der Waals surface area contributed by atoms with E-state index in [1.165, 1.54) is 0 Å². The van der Waals surface area contributed by atoms with E-state index >= 15 is 0 Å². The maximum absolute atomic E-state index is 12.7. The summed E-state index contributed by atoms with van der Waals surface area (Å²) in [5.41, 5.74) is 3.53. The van der Waals surface area contributed by atoms with Gasteiger partial charge in [0.15, 0.2) is 11.8 Å². The zero-order chi connectivity index (χ0) is 31.6. The van der Waals surface area contributed by atoms with Crippen LogP contribution in [0.25, 0.3) is 5.65 Å². The van der Waals surface area contributed by atoms with Gasteiger partial charge in [0.2, 0.25) is 0 Å². The van der Waals surface area contributed by atoms with E-state index in [1.807, 2.05) is 52.8 Å². The van der Waals surface area contributed by atoms with E-state index < -0.39 is 17.7 Å². The van der Waals surface area contributed by atoms with Crippen molar-refractivity contribution in [2.45, 2.75) is 104 Å². The summed E-state index contributed by atoms with van der Waals surface area (Å²) in [6.45, 7) is 16.1. The average molecular weight is 607 g/mol. The number of hydrogen-bond acceptors (Lipinski definition) is 8. The number of aliphatic carboxylic acids is 1. The maximum atomic E-state index is 12.7. The number of carboxylic acids is 1. The Morgan fingerprint density at radius 3 is 2.59 bits per heavy atom. The first-order valence-corrected chi connectivity index (χ1v) is 15.5. The summed E-state index contributed by atoms with van der Waals surface area (Å²) >= 11 is 0. The van der Waals surface area contributed by atoms with Gasteiger partial charge < -0.3 is 29.0 Å². The van der Waals surface area contributed by atoms with Crippen LogP contribution in [0.3, 0.4) is 0 Å². The Hall–Kier alpha value is -3.47. The van der Waals surface area contributed by atoms with Crippen LogP contribution in [0, 0.1) is 13.8 Å². The lowest BCUT2D eigenvalue weighted by Crippen LogP contribution is -2.45. The molecule has 5 heterocycles. The Bertz CT molecular complexity index is 1520. The molecule has 0 spiro atoms. The molecule has 44 heavy (non-hydrogen) atoms. The molecule has 10 heteroatoms. The highest BCUT2D eigenvalue weighted by atomic mass is 16.5. The van der Waals surface area contributed by atoms with E-state index in [1.54, 1.807) is 4.52 Å². The second-order valence-electron chi connectivity index (χ2n) is 13.3. The van der Waals surface area contributed by atoms with Crippen LogP contribution in [0.5, 0.6) is 5.75 Å². The van der Waals surface area contributed by atoms with Crippen molar-refractivity contribution in [3.8, 4) is 5.75 Å². The third-order valence-corrected chi connectivity index (χ3v) is 8.15. The molecule has 1 saturated heterocycles. The zero-order valence-corrected chi connectivity index (χ0v) is 27.1. The van der Waals surface area contributed by atoms with E-state index in [-0.39, 0.29) is 18.3 Å². The lowest BCUT2D eigenvalue weighted by molar-refractivity contribution is -0.160. The van der Waals surface area contributed by atoms with Crippen molar-refractivity contribution in [3.63, 3.8) is 0 Å². The molecule has 2 atom stereocenters. The summed E-state index contributed by atoms with van der Waals surface area (Å²) in [6.07, 6.45) is 5.27. The molecule has 3 aliphatic heterocycles. The van der Waals surface area contributed by atoms with Gasteiger partial charge in [-0.3, -0.25) is 0 Å². The molecule has 6 rings (SSSR count). The number of rotatable bonds is 3. The first-order valence-electron chi connectivity index (χ1n) is 15.5. The van der Waals surface area contributed by atoms with Crippen LogP contribution in [0.4, 0.5) is 5.82 Å². The number of carbonyl (C=O) groups is 1. The number of aryl methyl sites for hydroxylation is 2. The van der Waals surface area contributed by atoms with E-state index in [9.17, 15) is 9.90 Å². The molecule has 0 amide bonds. The van der Waals surface area contributed by atoms with Crippen molar-refractivity contribution < 1.29 is 28.8 Å². The fourth-order valence-corrected chi connectivity index (χ4v) is 5.79. The molecule has 0 aliphatic carbocycles. The van der Waals surface area contributed by atoms with E-state index in [2.05, 4.69) is 37.0 Å². The Balaban J connectivity index is 1.57. The van der Waals surface area contributed by atoms with Gasteiger partial charge in [-0.25, -0.2) is 9.78 Å². The maximum Gasteiger partial charge on any atom is 0.337 e. The van der Waals surface area contributed by atoms with Gasteiger partial charge in [0.05, 0.1) is 48.4 Å². The van der Waals surface area contributed by atoms with Gasteiger partial charge in [0.1, 0.15) is 11.6 Å². The van der Waals surface area contributed by atoms with Crippen LogP contribution >= 0.6 is 0 Å². The Morgan fingerprint density at radius 2 is 1.89 bits per heavy atom. The molecule has 0 unspecified atom stereocenters. The highest BCUT2D eigenvalue weighted by Crippen LogP contribution is 2.38. The fraction of sp³-hybridized carbons (Fsp3) is 0.559. The SMILES string of the molecule is Cc1ccc2c(c1)O[C@@H](C)CC=CCOC1(C)CCN(CC1)c1c([C@H](OC(C)(C)C)C(=O)O)c(C)nc3cc(nn13)COC2. The van der Waals surface area contributed by atoms with E-state index in [4.69, 9.17) is 29.0 Å². The fourth-order valence-electron chi connectivity index (χ4n) is 5.79. The summed E-state index contributed by atoms with van der Waals surface area (Å²) in [5.74, 6) is 0.437. The van der Waals surface area contributed by atoms with Gasteiger partial charge in [-0.2, -0.15) is 9.61 Å². The highest BCUT2D eigenvalue weighted by molar-refractivity contribution is 5.78. The second-order valence-corrected chi connectivity index (χ2v) is 13.3. The number of piperidine rings is 1. The van der Waals surface area contributed by atoms with Gasteiger partial charge in [-0.05, 0) is 72.9 Å². The number of anilines is 1. The Kier molecular flexibility index (Phi) is 9.34. The van der Waals surface area contributed by atoms with Crippen molar-refractivity contribution in [2.75, 3.05) is 24.6 Å². The first kappa shape index (κ1) is 31.9. The lowest BCUT2D eigenvalue weighted by Gasteiger charge is -2.41. The van der Waals surface area contributed by atoms with Gasteiger partial charge in [0, 0.05) is 36.8 Å². The first-order chi connectivity index (χ1) is 20.8. The van der Waals surface area contributed by atoms with Crippen LogP contribution in [0.15, 0.2) is 36.4 Å². The molecular formula is C34H46N4O6. The predicted octanol–water partition coefficient (Wildman–Crippen LogP) is 6.11. The third-order valence-electron chi connectivity index (χ3n) is 8.15. The predicted molar refractivity (Wildman–Crippen MR) is 168 cm³/mol. The van der Waals surface area contributed by atoms with Crippen LogP contribution < -0.4 is 9.64 Å². The minimum absolute atomic E-state index is 0.00603. The van der Waals surface area contributed by atoms with Crippen LogP contribution in [0.2, 0.25) is 0 Å². The summed E-state index contributed by atoms with van der Waals surface area (Å²) < 4.78 is 26.8. The van der Waals surface area contributed by atoms with Crippen LogP contribution in [0.1, 0.15) is 88.1 Å². The summed E-state index contributed by atoms with van der Waals surface area (Å²) in [5, 5.41) is 15.3. The Morgan fingerprint density at radius 1 is 1.14 bits per heavy atom. The largest absolute Gasteiger partial charge is 0.490 e. The monoisotopic (exact) mass is 606 g/mol. The summed E-state index contributed by atoms with van der Waals surface area (Å²) in [6, 6.07) is 8.04. The molecule has 0 saturated carbocycles. The van der Waals surface area contributed by atoms with Gasteiger partial charge in [0.25, 0.3) is 0 Å². The molecule has 4 bridgehead atoms. The van der Waals surface area contributed by atoms with Crippen molar-refractivity contribution >= 4 is 17.4 Å². The number of hydrogen-bond donors (Lipinski definition) is 1. The number of ether oxygens (including phenoxy) is 4. The number of aromatic nitrogens is 3. The van der Waals surface area contributed by atoms with E-state index in [0.29, 0.717) is 54.7 Å². The molecule has 0 radical (unpaired) electrons. The van der Waals surface area contributed by atoms with Crippen molar-refractivity contribution in [1.29, 1.82) is 0 Å². The zero-order valence-electron chi connectivity index (χ0n) is 27.1. The minimum atomic E-state index is -1.21. The normalized spacial score (nSPS) is 22.5. The highest BCUT2D eigenvalue weighted by Gasteiger charge is 2.37. The lowest BCUT2D eigenvalue weighted by atomic mass is 9.92. The molecule has 1 N–H and O–H groups in total. The molecule has 1 aromatic carbocycles. The van der Waals surface area contributed by atoms with E-state index in [0.717, 1.165) is 36.1 Å². The number of fused-ring (bicyclic) bond motifs is 9. The molecule has 10 nitrogen and oxygen atoms in total. The number of carboxylic acid groups (broad SMARTS) is 1. The molecule has 238 valence electrons. The standard InChI is InChI=1S/C34H46N4O6/c1-22-11-12-25-20-41-21-26-19-28-35-24(3)29(30(32(39)40)44-33(4,5)6)31(38(28)36-26)37-15-13-34(7,14-16-37)42-17-9-8-10-23(2)43-27(25)18-22/h8-9,11-12,18-19,23,30H,10,13-17,20-21H2,1-7H3,(H,39,40)/t23-,30-/m0/s1. The summed E-state index contributed by atoms with van der Waals surface area (Å²) in [4.78, 5) is 19.7. The van der Waals surface area contributed by atoms with Crippen molar-refractivity contribution in [3.05, 3.63) is 64.5 Å². The summed E-state index contributed by atoms with van der Waals surface area (Å²) in [7, 11) is 0. The molecular weight excluding hydrogens is 560 g/mol. The average Bonchev–Trinajstić information content (AvgIpc) is 3.34. The smallest absolute Gasteiger partial charge is 0.337 e. The topological polar surface area (TPSA) is 108 Å². The van der Waals surface area contributed by atoms with Crippen LogP contribution in [-0.2, 0) is 32.2 Å². The molecule has 1 fully saturated rings. The van der Waals surface area contributed by atoms with Crippen LogP contribution in [-0.4, -0.2) is 62.7 Å². The Labute approximate surface area is 260 Å². The molecule has 3 aromatic rings. The third kappa shape index (κ3) is 7.42. The van der Waals surface area contributed by atoms with Gasteiger partial charge in [-0.15, -0.1) is 0 Å². The second kappa shape index (κ2) is 12.9.